The molecule has 51 heavy (non-hydrogen) atoms. The van der Waals surface area contributed by atoms with Crippen LogP contribution in [0.3, 0.4) is 0 Å². The van der Waals surface area contributed by atoms with E-state index in [9.17, 15) is 19.8 Å². The average molecular weight is 789 g/mol. The van der Waals surface area contributed by atoms with Gasteiger partial charge in [0.05, 0.1) is 34.5 Å². The Morgan fingerprint density at radius 3 is 1.25 bits per heavy atom. The number of nitrogens with zero attached hydrogens (tertiary/aromatic N) is 4. The minimum absolute atomic E-state index is 0. The second-order valence-corrected chi connectivity index (χ2v) is 9.90. The van der Waals surface area contributed by atoms with Gasteiger partial charge in [0.2, 0.25) is 11.6 Å². The van der Waals surface area contributed by atoms with Gasteiger partial charge < -0.3 is 40.2 Å². The molecule has 4 N–H and O–H groups in total. The molecule has 2 heterocycles. The van der Waals surface area contributed by atoms with Crippen LogP contribution in [-0.4, -0.2) is 49.9 Å². The number of anilines is 2. The maximum absolute atomic E-state index is 11.8. The number of hydrogen-bond donors (Lipinski definition) is 4. The van der Waals surface area contributed by atoms with Crippen molar-refractivity contribution < 1.29 is 75.8 Å². The zero-order chi connectivity index (χ0) is 33.8. The average Bonchev–Trinajstić information content (AvgIpc) is 3.03. The van der Waals surface area contributed by atoms with Crippen molar-refractivity contribution in [3.05, 3.63) is 129 Å². The topological polar surface area (TPSA) is 324 Å². The first kappa shape index (κ1) is 45.7. The first-order valence-corrected chi connectivity index (χ1v) is 14.6. The summed E-state index contributed by atoms with van der Waals surface area (Å²) in [6.07, 6.45) is 2.72. The van der Waals surface area contributed by atoms with Crippen molar-refractivity contribution in [3.63, 3.8) is 0 Å². The molecule has 0 spiro atoms. The second-order valence-electron chi connectivity index (χ2n) is 9.09. The van der Waals surface area contributed by atoms with Crippen molar-refractivity contribution >= 4 is 56.5 Å². The fraction of sp³-hybridized carbons (Fsp3) is 0. The van der Waals surface area contributed by atoms with Gasteiger partial charge in [-0.2, -0.15) is 10.2 Å². The Bertz CT molecular complexity index is 2150. The molecule has 2 radical (unpaired) electrons. The van der Waals surface area contributed by atoms with Crippen LogP contribution in [0.1, 0.15) is 11.1 Å². The fourth-order valence-corrected chi connectivity index (χ4v) is 3.71. The molecule has 0 atom stereocenters. The van der Waals surface area contributed by atoms with Crippen LogP contribution in [0, 0.1) is 0 Å². The van der Waals surface area contributed by atoms with Crippen molar-refractivity contribution in [3.8, 4) is 11.5 Å². The SMILES string of the molecule is O=S(=O)([O-])[O-].O=c1[nH]c2ccccc2nc1N/N=C/c1ccccc1[O-].O=c1[nH]c2ccccc2nc1N/N=C/c1ccccc1[O-].[O-2].[O-2].[V+4].[V+4]. The standard InChI is InChI=1S/2C15H12N4O2.H2O4S.2O.2V/c2*20-13-8-4-1-5-10(13)9-16-19-14-15(21)18-12-7-3-2-6-11(12)17-14;1-5(2,3)4;;;;/h2*1-9,20H,(H,17,19)(H,18,21);(H2,1,2,3,4);;;;/q;;;2*-2;2*+4/p-4/b2*16-9+;;;;;. The summed E-state index contributed by atoms with van der Waals surface area (Å²) in [6.45, 7) is 0. The molecule has 0 bridgehead atoms. The summed E-state index contributed by atoms with van der Waals surface area (Å²) in [5.41, 5.74) is 7.84. The van der Waals surface area contributed by atoms with E-state index >= 15 is 0 Å². The van der Waals surface area contributed by atoms with Gasteiger partial charge in [-0.05, 0) is 35.4 Å². The summed E-state index contributed by atoms with van der Waals surface area (Å²) < 4.78 is 34.1. The number of aromatic nitrogens is 4. The minimum atomic E-state index is -5.17. The molecule has 0 aliphatic carbocycles. The quantitative estimate of drug-likeness (QED) is 0.0803. The summed E-state index contributed by atoms with van der Waals surface area (Å²) in [6, 6.07) is 27.4. The maximum atomic E-state index is 11.8. The molecular formula is C30H22N8O10SV2. The second kappa shape index (κ2) is 21.7. The number of aromatic amines is 2. The molecule has 2 aromatic heterocycles. The van der Waals surface area contributed by atoms with Crippen LogP contribution in [-0.2, 0) is 58.5 Å². The van der Waals surface area contributed by atoms with Gasteiger partial charge in [0.15, 0.2) is 0 Å². The van der Waals surface area contributed by atoms with E-state index in [-0.39, 0.29) is 82.3 Å². The zero-order valence-corrected chi connectivity index (χ0v) is 29.2. The van der Waals surface area contributed by atoms with Crippen molar-refractivity contribution in [2.45, 2.75) is 0 Å². The first-order chi connectivity index (χ1) is 22.5. The number of para-hydroxylation sites is 6. The Kier molecular flexibility index (Phi) is 19.4. The smallest absolute Gasteiger partial charge is 2.00 e. The number of rotatable bonds is 6. The Hall–Kier alpha value is -5.34. The third-order valence-electron chi connectivity index (χ3n) is 5.79. The number of benzene rings is 4. The largest absolute Gasteiger partial charge is 4.00 e. The Morgan fingerprint density at radius 1 is 0.588 bits per heavy atom. The number of H-pyrrole nitrogens is 2. The van der Waals surface area contributed by atoms with E-state index in [2.05, 4.69) is 41.0 Å². The molecular weight excluding hydrogens is 766 g/mol. The third-order valence-corrected chi connectivity index (χ3v) is 5.79. The molecule has 6 rings (SSSR count). The number of nitrogens with one attached hydrogen (secondary N) is 4. The summed E-state index contributed by atoms with van der Waals surface area (Å²) in [7, 11) is -5.17. The summed E-state index contributed by atoms with van der Waals surface area (Å²) in [5.74, 6) is -0.117. The van der Waals surface area contributed by atoms with Crippen molar-refractivity contribution in [2.75, 3.05) is 10.9 Å². The van der Waals surface area contributed by atoms with Crippen LogP contribution in [0.5, 0.6) is 11.5 Å². The molecule has 0 amide bonds. The summed E-state index contributed by atoms with van der Waals surface area (Å²) >= 11 is 0. The van der Waals surface area contributed by atoms with Crippen molar-refractivity contribution in [1.82, 2.24) is 19.9 Å². The minimum Gasteiger partial charge on any atom is -2.00 e. The molecule has 0 saturated carbocycles. The molecule has 18 nitrogen and oxygen atoms in total. The van der Waals surface area contributed by atoms with Crippen molar-refractivity contribution in [2.24, 2.45) is 10.2 Å². The van der Waals surface area contributed by atoms with Crippen LogP contribution in [0.4, 0.5) is 11.6 Å². The van der Waals surface area contributed by atoms with Crippen LogP contribution >= 0.6 is 0 Å². The van der Waals surface area contributed by atoms with Crippen molar-refractivity contribution in [1.29, 1.82) is 0 Å². The molecule has 4 aromatic carbocycles. The van der Waals surface area contributed by atoms with Gasteiger partial charge in [0.1, 0.15) is 0 Å². The molecule has 0 aliphatic heterocycles. The van der Waals surface area contributed by atoms with Crippen LogP contribution in [0.15, 0.2) is 117 Å². The van der Waals surface area contributed by atoms with Gasteiger partial charge in [-0.1, -0.05) is 84.3 Å². The maximum Gasteiger partial charge on any atom is 4.00 e. The number of hydrogen-bond acceptors (Lipinski definition) is 14. The third kappa shape index (κ3) is 14.6. The van der Waals surface area contributed by atoms with Crippen LogP contribution in [0.2, 0.25) is 0 Å². The number of hydrazone groups is 2. The fourth-order valence-electron chi connectivity index (χ4n) is 3.71. The Morgan fingerprint density at radius 2 is 0.902 bits per heavy atom. The molecule has 21 heteroatoms. The molecule has 0 unspecified atom stereocenters. The monoisotopic (exact) mass is 788 g/mol. The zero-order valence-electron chi connectivity index (χ0n) is 25.6. The van der Waals surface area contributed by atoms with E-state index in [0.717, 1.165) is 0 Å². The normalized spacial score (nSPS) is 10.2. The molecule has 6 aromatic rings. The van der Waals surface area contributed by atoms with E-state index in [0.29, 0.717) is 33.2 Å². The summed E-state index contributed by atoms with van der Waals surface area (Å²) in [4.78, 5) is 37.4. The van der Waals surface area contributed by atoms with Crippen LogP contribution in [0.25, 0.3) is 22.1 Å². The Balaban J connectivity index is 0.000000810. The predicted molar refractivity (Wildman–Crippen MR) is 171 cm³/mol. The van der Waals surface area contributed by atoms with E-state index < -0.39 is 10.4 Å². The van der Waals surface area contributed by atoms with Gasteiger partial charge in [-0.15, -0.1) is 0 Å². The van der Waals surface area contributed by atoms with Gasteiger partial charge in [-0.25, -0.2) is 9.97 Å². The summed E-state index contributed by atoms with van der Waals surface area (Å²) in [5, 5.41) is 30.8. The molecule has 258 valence electrons. The van der Waals surface area contributed by atoms with Gasteiger partial charge >= 0.3 is 37.1 Å². The van der Waals surface area contributed by atoms with Gasteiger partial charge in [0.25, 0.3) is 11.1 Å². The Labute approximate surface area is 312 Å². The van der Waals surface area contributed by atoms with E-state index in [1.165, 1.54) is 24.6 Å². The van der Waals surface area contributed by atoms with E-state index in [1.807, 2.05) is 24.3 Å². The molecule has 0 fully saturated rings. The first-order valence-electron chi connectivity index (χ1n) is 13.2. The number of fused-ring (bicyclic) bond motifs is 2. The van der Waals surface area contributed by atoms with E-state index in [4.69, 9.17) is 17.5 Å². The van der Waals surface area contributed by atoms with Crippen LogP contribution < -0.4 is 32.2 Å². The predicted octanol–water partition coefficient (Wildman–Crippen LogP) is 1.30. The molecule has 0 aliphatic rings. The van der Waals surface area contributed by atoms with Gasteiger partial charge in [-0.3, -0.25) is 28.9 Å². The van der Waals surface area contributed by atoms with Gasteiger partial charge in [0, 0.05) is 10.4 Å². The molecule has 0 saturated heterocycles. The van der Waals surface area contributed by atoms with E-state index in [1.54, 1.807) is 60.7 Å².